The fourth-order valence-corrected chi connectivity index (χ4v) is 3.16. The molecule has 0 saturated carbocycles. The molecule has 1 atom stereocenters. The molecule has 0 bridgehead atoms. The molecule has 0 radical (unpaired) electrons. The van der Waals surface area contributed by atoms with Crippen molar-refractivity contribution in [3.63, 3.8) is 0 Å². The molecule has 28 heavy (non-hydrogen) atoms. The Kier molecular flexibility index (Phi) is 8.24. The standard InChI is InChI=1S/C24H32N2O2/c1-5-15-25-24(28)22(6-2)26(17-21-13-9-19(4)10-14-21)23(27)16-20-11-7-18(3)8-12-20/h7-14,22H,5-6,15-17H2,1-4H3,(H,25,28). The highest BCUT2D eigenvalue weighted by Crippen LogP contribution is 2.15. The number of benzene rings is 2. The lowest BCUT2D eigenvalue weighted by atomic mass is 10.1. The average Bonchev–Trinajstić information content (AvgIpc) is 2.69. The van der Waals surface area contributed by atoms with Crippen molar-refractivity contribution in [2.24, 2.45) is 0 Å². The molecule has 0 aromatic heterocycles. The highest BCUT2D eigenvalue weighted by Gasteiger charge is 2.28. The highest BCUT2D eigenvalue weighted by atomic mass is 16.2. The van der Waals surface area contributed by atoms with Gasteiger partial charge in [0.15, 0.2) is 0 Å². The number of carbonyl (C=O) groups is 2. The molecule has 2 rings (SSSR count). The van der Waals surface area contributed by atoms with Crippen molar-refractivity contribution >= 4 is 11.8 Å². The van der Waals surface area contributed by atoms with Gasteiger partial charge in [-0.05, 0) is 37.8 Å². The Labute approximate surface area is 169 Å². The van der Waals surface area contributed by atoms with Gasteiger partial charge in [-0.2, -0.15) is 0 Å². The summed E-state index contributed by atoms with van der Waals surface area (Å²) in [5, 5.41) is 2.95. The maximum absolute atomic E-state index is 13.2. The lowest BCUT2D eigenvalue weighted by Gasteiger charge is -2.31. The zero-order valence-corrected chi connectivity index (χ0v) is 17.5. The van der Waals surface area contributed by atoms with Crippen molar-refractivity contribution in [1.29, 1.82) is 0 Å². The second-order valence-electron chi connectivity index (χ2n) is 7.38. The molecule has 0 fully saturated rings. The third-order valence-corrected chi connectivity index (χ3v) is 4.88. The van der Waals surface area contributed by atoms with Gasteiger partial charge in [-0.25, -0.2) is 0 Å². The van der Waals surface area contributed by atoms with Gasteiger partial charge >= 0.3 is 0 Å². The highest BCUT2D eigenvalue weighted by molar-refractivity contribution is 5.88. The van der Waals surface area contributed by atoms with Crippen LogP contribution in [0.15, 0.2) is 48.5 Å². The van der Waals surface area contributed by atoms with Gasteiger partial charge in [0.05, 0.1) is 6.42 Å². The second-order valence-corrected chi connectivity index (χ2v) is 7.38. The first-order valence-electron chi connectivity index (χ1n) is 10.1. The molecule has 2 amide bonds. The first-order chi connectivity index (χ1) is 13.4. The Morgan fingerprint density at radius 2 is 1.43 bits per heavy atom. The molecule has 0 spiro atoms. The van der Waals surface area contributed by atoms with Crippen molar-refractivity contribution in [3.8, 4) is 0 Å². The number of nitrogens with zero attached hydrogens (tertiary/aromatic N) is 1. The summed E-state index contributed by atoms with van der Waals surface area (Å²) in [6.07, 6.45) is 1.75. The minimum absolute atomic E-state index is 0.0251. The Morgan fingerprint density at radius 1 is 0.893 bits per heavy atom. The average molecular weight is 381 g/mol. The lowest BCUT2D eigenvalue weighted by molar-refractivity contribution is -0.140. The van der Waals surface area contributed by atoms with E-state index in [4.69, 9.17) is 0 Å². The van der Waals surface area contributed by atoms with Crippen LogP contribution in [0.4, 0.5) is 0 Å². The van der Waals surface area contributed by atoms with Crippen LogP contribution in [0.2, 0.25) is 0 Å². The van der Waals surface area contributed by atoms with Crippen molar-refractivity contribution in [2.75, 3.05) is 6.54 Å². The van der Waals surface area contributed by atoms with E-state index in [0.717, 1.165) is 23.1 Å². The Morgan fingerprint density at radius 3 is 1.93 bits per heavy atom. The molecular formula is C24H32N2O2. The van der Waals surface area contributed by atoms with E-state index in [1.807, 2.05) is 76.2 Å². The molecular weight excluding hydrogens is 348 g/mol. The van der Waals surface area contributed by atoms with Crippen molar-refractivity contribution in [3.05, 3.63) is 70.8 Å². The largest absolute Gasteiger partial charge is 0.354 e. The van der Waals surface area contributed by atoms with Crippen molar-refractivity contribution in [2.45, 2.75) is 59.5 Å². The van der Waals surface area contributed by atoms with Crippen LogP contribution in [-0.2, 0) is 22.6 Å². The van der Waals surface area contributed by atoms with Gasteiger partial charge < -0.3 is 10.2 Å². The van der Waals surface area contributed by atoms with E-state index in [0.29, 0.717) is 25.9 Å². The minimum atomic E-state index is -0.467. The van der Waals surface area contributed by atoms with Crippen LogP contribution < -0.4 is 5.32 Å². The molecule has 4 heteroatoms. The molecule has 1 unspecified atom stereocenters. The summed E-state index contributed by atoms with van der Waals surface area (Å²) in [5.74, 6) is -0.100. The van der Waals surface area contributed by atoms with Gasteiger partial charge in [-0.1, -0.05) is 73.5 Å². The van der Waals surface area contributed by atoms with Crippen LogP contribution in [-0.4, -0.2) is 29.3 Å². The molecule has 4 nitrogen and oxygen atoms in total. The molecule has 0 saturated heterocycles. The summed E-state index contributed by atoms with van der Waals surface area (Å²) in [7, 11) is 0. The zero-order valence-electron chi connectivity index (χ0n) is 17.5. The van der Waals surface area contributed by atoms with Crippen molar-refractivity contribution in [1.82, 2.24) is 10.2 Å². The summed E-state index contributed by atoms with van der Waals surface area (Å²) in [6, 6.07) is 15.6. The predicted octanol–water partition coefficient (Wildman–Crippen LogP) is 4.18. The maximum Gasteiger partial charge on any atom is 0.242 e. The van der Waals surface area contributed by atoms with Gasteiger partial charge in [0.1, 0.15) is 6.04 Å². The normalized spacial score (nSPS) is 11.7. The van der Waals surface area contributed by atoms with Crippen LogP contribution in [0, 0.1) is 13.8 Å². The van der Waals surface area contributed by atoms with E-state index in [1.165, 1.54) is 5.56 Å². The van der Waals surface area contributed by atoms with Crippen molar-refractivity contribution < 1.29 is 9.59 Å². The zero-order chi connectivity index (χ0) is 20.5. The summed E-state index contributed by atoms with van der Waals surface area (Å²) in [4.78, 5) is 27.6. The van der Waals surface area contributed by atoms with Crippen LogP contribution in [0.1, 0.15) is 48.9 Å². The number of amides is 2. The smallest absolute Gasteiger partial charge is 0.242 e. The number of carbonyl (C=O) groups excluding carboxylic acids is 2. The Balaban J connectivity index is 2.24. The van der Waals surface area contributed by atoms with E-state index in [9.17, 15) is 9.59 Å². The predicted molar refractivity (Wildman–Crippen MR) is 114 cm³/mol. The number of hydrogen-bond donors (Lipinski definition) is 1. The molecule has 0 aliphatic heterocycles. The monoisotopic (exact) mass is 380 g/mol. The molecule has 2 aromatic rings. The fraction of sp³-hybridized carbons (Fsp3) is 0.417. The first kappa shape index (κ1) is 21.7. The van der Waals surface area contributed by atoms with E-state index in [-0.39, 0.29) is 11.8 Å². The number of rotatable bonds is 9. The maximum atomic E-state index is 13.2. The third kappa shape index (κ3) is 6.22. The molecule has 0 heterocycles. The van der Waals surface area contributed by atoms with Gasteiger partial charge in [0.25, 0.3) is 0 Å². The van der Waals surface area contributed by atoms with Crippen LogP contribution in [0.25, 0.3) is 0 Å². The molecule has 0 aliphatic rings. The second kappa shape index (κ2) is 10.6. The quantitative estimate of drug-likeness (QED) is 0.709. The van der Waals surface area contributed by atoms with E-state index in [2.05, 4.69) is 5.32 Å². The summed E-state index contributed by atoms with van der Waals surface area (Å²) in [5.41, 5.74) is 4.34. The van der Waals surface area contributed by atoms with Crippen LogP contribution in [0.3, 0.4) is 0 Å². The number of nitrogens with one attached hydrogen (secondary N) is 1. The van der Waals surface area contributed by atoms with Crippen LogP contribution >= 0.6 is 0 Å². The molecule has 2 aromatic carbocycles. The van der Waals surface area contributed by atoms with Gasteiger partial charge in [0.2, 0.25) is 11.8 Å². The van der Waals surface area contributed by atoms with E-state index in [1.54, 1.807) is 4.90 Å². The fourth-order valence-electron chi connectivity index (χ4n) is 3.16. The lowest BCUT2D eigenvalue weighted by Crippen LogP contribution is -2.49. The third-order valence-electron chi connectivity index (χ3n) is 4.88. The Bertz CT molecular complexity index is 766. The van der Waals surface area contributed by atoms with Gasteiger partial charge in [0, 0.05) is 13.1 Å². The molecule has 150 valence electrons. The van der Waals surface area contributed by atoms with E-state index >= 15 is 0 Å². The number of aryl methyl sites for hydroxylation is 2. The SMILES string of the molecule is CCCNC(=O)C(CC)N(Cc1ccc(C)cc1)C(=O)Cc1ccc(C)cc1. The molecule has 0 aliphatic carbocycles. The number of hydrogen-bond acceptors (Lipinski definition) is 2. The van der Waals surface area contributed by atoms with Gasteiger partial charge in [-0.15, -0.1) is 0 Å². The van der Waals surface area contributed by atoms with Crippen LogP contribution in [0.5, 0.6) is 0 Å². The van der Waals surface area contributed by atoms with E-state index < -0.39 is 6.04 Å². The molecule has 1 N–H and O–H groups in total. The Hall–Kier alpha value is -2.62. The summed E-state index contributed by atoms with van der Waals surface area (Å²) >= 11 is 0. The first-order valence-corrected chi connectivity index (χ1v) is 10.1. The summed E-state index contributed by atoms with van der Waals surface area (Å²) < 4.78 is 0. The minimum Gasteiger partial charge on any atom is -0.354 e. The topological polar surface area (TPSA) is 49.4 Å². The summed E-state index contributed by atoms with van der Waals surface area (Å²) in [6.45, 7) is 9.10. The van der Waals surface area contributed by atoms with Gasteiger partial charge in [-0.3, -0.25) is 9.59 Å².